The minimum absolute atomic E-state index is 0.112. The summed E-state index contributed by atoms with van der Waals surface area (Å²) in [6.45, 7) is 5.37. The van der Waals surface area contributed by atoms with Gasteiger partial charge in [-0.1, -0.05) is 0 Å². The number of sulfone groups is 1. The molecule has 0 saturated carbocycles. The van der Waals surface area contributed by atoms with Crippen molar-refractivity contribution in [3.63, 3.8) is 0 Å². The lowest BCUT2D eigenvalue weighted by Crippen LogP contribution is -2.20. The molecule has 0 bridgehead atoms. The van der Waals surface area contributed by atoms with Gasteiger partial charge in [-0.2, -0.15) is 5.10 Å². The van der Waals surface area contributed by atoms with Gasteiger partial charge in [-0.25, -0.2) is 13.2 Å². The molecular weight excluding hydrogens is 358 g/mol. The Morgan fingerprint density at radius 1 is 1.23 bits per heavy atom. The van der Waals surface area contributed by atoms with Crippen molar-refractivity contribution >= 4 is 27.4 Å². The Kier molecular flexibility index (Phi) is 5.22. The molecule has 1 atom stereocenters. The number of amides is 1. The zero-order chi connectivity index (χ0) is 19.8. The highest BCUT2D eigenvalue weighted by atomic mass is 32.2. The van der Waals surface area contributed by atoms with Gasteiger partial charge < -0.3 is 10.4 Å². The Hall–Kier alpha value is -2.68. The van der Waals surface area contributed by atoms with Gasteiger partial charge in [0.25, 0.3) is 0 Å². The Balaban J connectivity index is 2.39. The van der Waals surface area contributed by atoms with Crippen molar-refractivity contribution in [3.8, 4) is 0 Å². The van der Waals surface area contributed by atoms with Crippen LogP contribution in [0.5, 0.6) is 0 Å². The normalized spacial score (nSPS) is 12.7. The number of aromatic nitrogens is 2. The third-order valence-electron chi connectivity index (χ3n) is 4.24. The minimum Gasteiger partial charge on any atom is -0.478 e. The molecule has 2 aromatic rings. The second-order valence-corrected chi connectivity index (χ2v) is 8.26. The largest absolute Gasteiger partial charge is 0.478 e. The van der Waals surface area contributed by atoms with Gasteiger partial charge in [0.15, 0.2) is 9.84 Å². The molecular formula is C17H21N3O5S. The first-order valence-corrected chi connectivity index (χ1v) is 9.70. The SMILES string of the molecule is Cc1nn(C)c(C)c1C(C)C(=O)Nc1cc(C(=O)O)cc(S(C)(=O)=O)c1. The molecule has 0 radical (unpaired) electrons. The van der Waals surface area contributed by atoms with Crippen molar-refractivity contribution in [3.05, 3.63) is 40.7 Å². The number of carboxylic acid groups (broad SMARTS) is 1. The van der Waals surface area contributed by atoms with Gasteiger partial charge in [-0.3, -0.25) is 9.48 Å². The maximum absolute atomic E-state index is 12.6. The summed E-state index contributed by atoms with van der Waals surface area (Å²) in [6, 6.07) is 3.53. The van der Waals surface area contributed by atoms with Crippen molar-refractivity contribution < 1.29 is 23.1 Å². The van der Waals surface area contributed by atoms with Gasteiger partial charge in [-0.05, 0) is 39.0 Å². The monoisotopic (exact) mass is 379 g/mol. The number of hydrogen-bond donors (Lipinski definition) is 2. The number of rotatable bonds is 5. The molecule has 1 aromatic carbocycles. The van der Waals surface area contributed by atoms with Crippen LogP contribution in [0.1, 0.15) is 40.2 Å². The fourth-order valence-corrected chi connectivity index (χ4v) is 3.49. The number of nitrogens with one attached hydrogen (secondary N) is 1. The van der Waals surface area contributed by atoms with Crippen LogP contribution in [0.3, 0.4) is 0 Å². The van der Waals surface area contributed by atoms with Gasteiger partial charge in [0.2, 0.25) is 5.91 Å². The predicted molar refractivity (Wildman–Crippen MR) is 96.2 cm³/mol. The van der Waals surface area contributed by atoms with Crippen molar-refractivity contribution in [2.75, 3.05) is 11.6 Å². The Morgan fingerprint density at radius 3 is 2.31 bits per heavy atom. The molecule has 2 N–H and O–H groups in total. The summed E-state index contributed by atoms with van der Waals surface area (Å²) >= 11 is 0. The van der Waals surface area contributed by atoms with Gasteiger partial charge in [0.05, 0.1) is 22.1 Å². The smallest absolute Gasteiger partial charge is 0.335 e. The quantitative estimate of drug-likeness (QED) is 0.819. The molecule has 0 saturated heterocycles. The van der Waals surface area contributed by atoms with Gasteiger partial charge >= 0.3 is 5.97 Å². The van der Waals surface area contributed by atoms with Crippen LogP contribution in [-0.4, -0.2) is 41.4 Å². The molecule has 2 rings (SSSR count). The Morgan fingerprint density at radius 2 is 1.85 bits per heavy atom. The fraction of sp³-hybridized carbons (Fsp3) is 0.353. The van der Waals surface area contributed by atoms with Crippen LogP contribution in [0, 0.1) is 13.8 Å². The van der Waals surface area contributed by atoms with Gasteiger partial charge in [-0.15, -0.1) is 0 Å². The molecule has 0 aliphatic rings. The third-order valence-corrected chi connectivity index (χ3v) is 5.33. The minimum atomic E-state index is -3.63. The summed E-state index contributed by atoms with van der Waals surface area (Å²) in [5.41, 5.74) is 2.25. The molecule has 8 nitrogen and oxygen atoms in total. The first-order chi connectivity index (χ1) is 11.9. The van der Waals surface area contributed by atoms with Crippen LogP contribution in [-0.2, 0) is 21.7 Å². The van der Waals surface area contributed by atoms with E-state index in [1.54, 1.807) is 25.6 Å². The maximum atomic E-state index is 12.6. The number of carbonyl (C=O) groups excluding carboxylic acids is 1. The van der Waals surface area contributed by atoms with E-state index in [2.05, 4.69) is 10.4 Å². The van der Waals surface area contributed by atoms with E-state index in [0.29, 0.717) is 0 Å². The van der Waals surface area contributed by atoms with E-state index in [0.717, 1.165) is 29.3 Å². The van der Waals surface area contributed by atoms with Crippen LogP contribution in [0.15, 0.2) is 23.1 Å². The van der Waals surface area contributed by atoms with E-state index in [9.17, 15) is 23.1 Å². The average Bonchev–Trinajstić information content (AvgIpc) is 2.78. The summed E-state index contributed by atoms with van der Waals surface area (Å²) in [6.07, 6.45) is 0.977. The zero-order valence-electron chi connectivity index (χ0n) is 15.2. The standard InChI is InChI=1S/C17H21N3O5S/c1-9(15-10(2)19-20(4)11(15)3)16(21)18-13-6-12(17(22)23)7-14(8-13)26(5,24)25/h6-9H,1-5H3,(H,18,21)(H,22,23). The lowest BCUT2D eigenvalue weighted by Gasteiger charge is -2.14. The molecule has 1 amide bonds. The molecule has 1 aromatic heterocycles. The highest BCUT2D eigenvalue weighted by Crippen LogP contribution is 2.25. The van der Waals surface area contributed by atoms with Gasteiger partial charge in [0, 0.05) is 30.2 Å². The van der Waals surface area contributed by atoms with E-state index >= 15 is 0 Å². The fourth-order valence-electron chi connectivity index (χ4n) is 2.81. The lowest BCUT2D eigenvalue weighted by atomic mass is 9.98. The molecule has 1 unspecified atom stereocenters. The number of aromatic carboxylic acids is 1. The molecule has 9 heteroatoms. The van der Waals surface area contributed by atoms with Crippen molar-refractivity contribution in [1.29, 1.82) is 0 Å². The van der Waals surface area contributed by atoms with E-state index in [-0.39, 0.29) is 22.1 Å². The van der Waals surface area contributed by atoms with E-state index in [4.69, 9.17) is 0 Å². The summed E-state index contributed by atoms with van der Waals surface area (Å²) in [5, 5.41) is 16.1. The molecule has 0 fully saturated rings. The van der Waals surface area contributed by atoms with Crippen LogP contribution >= 0.6 is 0 Å². The highest BCUT2D eigenvalue weighted by molar-refractivity contribution is 7.90. The lowest BCUT2D eigenvalue weighted by molar-refractivity contribution is -0.117. The van der Waals surface area contributed by atoms with Crippen molar-refractivity contribution in [2.24, 2.45) is 7.05 Å². The van der Waals surface area contributed by atoms with E-state index in [1.807, 2.05) is 6.92 Å². The Bertz CT molecular complexity index is 992. The molecule has 1 heterocycles. The predicted octanol–water partition coefficient (Wildman–Crippen LogP) is 1.88. The maximum Gasteiger partial charge on any atom is 0.335 e. The second-order valence-electron chi connectivity index (χ2n) is 6.24. The van der Waals surface area contributed by atoms with Crippen LogP contribution in [0.2, 0.25) is 0 Å². The number of carboxylic acids is 1. The van der Waals surface area contributed by atoms with Crippen LogP contribution in [0.25, 0.3) is 0 Å². The topological polar surface area (TPSA) is 118 Å². The molecule has 0 aliphatic carbocycles. The number of benzene rings is 1. The van der Waals surface area contributed by atoms with Crippen molar-refractivity contribution in [2.45, 2.75) is 31.6 Å². The summed E-state index contributed by atoms with van der Waals surface area (Å²) in [4.78, 5) is 23.7. The summed E-state index contributed by atoms with van der Waals surface area (Å²) in [7, 11) is -1.84. The number of nitrogens with zero attached hydrogens (tertiary/aromatic N) is 2. The van der Waals surface area contributed by atoms with E-state index in [1.165, 1.54) is 12.1 Å². The third kappa shape index (κ3) is 3.93. The molecule has 0 aliphatic heterocycles. The molecule has 0 spiro atoms. The number of anilines is 1. The highest BCUT2D eigenvalue weighted by Gasteiger charge is 2.23. The number of aryl methyl sites for hydroxylation is 2. The number of carbonyl (C=O) groups is 2. The van der Waals surface area contributed by atoms with Crippen molar-refractivity contribution in [1.82, 2.24) is 9.78 Å². The molecule has 26 heavy (non-hydrogen) atoms. The Labute approximate surface area is 151 Å². The zero-order valence-corrected chi connectivity index (χ0v) is 16.0. The van der Waals surface area contributed by atoms with E-state index < -0.39 is 21.7 Å². The van der Waals surface area contributed by atoms with Crippen LogP contribution < -0.4 is 5.32 Å². The first-order valence-electron chi connectivity index (χ1n) is 7.81. The summed E-state index contributed by atoms with van der Waals surface area (Å²) in [5.74, 6) is -2.21. The first kappa shape index (κ1) is 19.6. The number of hydrogen-bond acceptors (Lipinski definition) is 5. The van der Waals surface area contributed by atoms with Crippen LogP contribution in [0.4, 0.5) is 5.69 Å². The average molecular weight is 379 g/mol. The van der Waals surface area contributed by atoms with Gasteiger partial charge in [0.1, 0.15) is 0 Å². The second kappa shape index (κ2) is 6.91. The summed E-state index contributed by atoms with van der Waals surface area (Å²) < 4.78 is 25.2. The molecule has 140 valence electrons.